The Kier molecular flexibility index (Phi) is 3.68. The van der Waals surface area contributed by atoms with Gasteiger partial charge in [0.05, 0.1) is 12.0 Å². The molecular weight excluding hydrogens is 220 g/mol. The van der Waals surface area contributed by atoms with Gasteiger partial charge in [-0.15, -0.1) is 10.2 Å². The van der Waals surface area contributed by atoms with Gasteiger partial charge >= 0.3 is 0 Å². The number of rotatable bonds is 5. The summed E-state index contributed by atoms with van der Waals surface area (Å²) in [4.78, 5) is 12.2. The molecule has 1 aromatic heterocycles. The lowest BCUT2D eigenvalue weighted by molar-refractivity contribution is -0.130. The van der Waals surface area contributed by atoms with Crippen LogP contribution in [0.3, 0.4) is 0 Å². The summed E-state index contributed by atoms with van der Waals surface area (Å²) in [6.45, 7) is 4.11. The molecule has 0 spiro atoms. The van der Waals surface area contributed by atoms with Gasteiger partial charge in [0.25, 0.3) is 0 Å². The van der Waals surface area contributed by atoms with E-state index < -0.39 is 0 Å². The van der Waals surface area contributed by atoms with Crippen molar-refractivity contribution in [3.8, 4) is 0 Å². The van der Waals surface area contributed by atoms with Crippen LogP contribution in [-0.2, 0) is 11.3 Å². The maximum absolute atomic E-state index is 12.2. The van der Waals surface area contributed by atoms with Gasteiger partial charge < -0.3 is 10.6 Å². The van der Waals surface area contributed by atoms with Gasteiger partial charge in [-0.05, 0) is 19.4 Å². The van der Waals surface area contributed by atoms with Crippen LogP contribution in [0.5, 0.6) is 0 Å². The van der Waals surface area contributed by atoms with Gasteiger partial charge in [0.15, 0.2) is 5.82 Å². The average Bonchev–Trinajstić information content (AvgIpc) is 2.97. The number of aromatic amines is 1. The number of nitrogens with zero attached hydrogens (tertiary/aromatic N) is 3. The minimum absolute atomic E-state index is 0.0918. The topological polar surface area (TPSA) is 95.6 Å². The lowest BCUT2D eigenvalue weighted by Crippen LogP contribution is -2.42. The summed E-state index contributed by atoms with van der Waals surface area (Å²) >= 11 is 0. The Bertz CT molecular complexity index is 357. The number of aromatic nitrogens is 4. The third-order valence-electron chi connectivity index (χ3n) is 3.25. The number of tetrazole rings is 1. The summed E-state index contributed by atoms with van der Waals surface area (Å²) < 4.78 is 0. The Morgan fingerprint density at radius 2 is 2.47 bits per heavy atom. The highest BCUT2D eigenvalue weighted by Crippen LogP contribution is 2.31. The minimum Gasteiger partial charge on any atom is -0.348 e. The summed E-state index contributed by atoms with van der Waals surface area (Å²) in [5.74, 6) is 0.602. The third kappa shape index (κ3) is 2.60. The number of carbonyl (C=O) groups is 1. The molecule has 7 heteroatoms. The molecule has 0 radical (unpaired) electrons. The fourth-order valence-corrected chi connectivity index (χ4v) is 2.35. The van der Waals surface area contributed by atoms with E-state index in [0.717, 1.165) is 32.4 Å². The maximum atomic E-state index is 12.2. The van der Waals surface area contributed by atoms with E-state index in [4.69, 9.17) is 0 Å². The Labute approximate surface area is 99.7 Å². The zero-order valence-corrected chi connectivity index (χ0v) is 9.99. The van der Waals surface area contributed by atoms with Gasteiger partial charge in [-0.2, -0.15) is 5.21 Å². The SMILES string of the molecule is CCCC1(C(=O)NCc2nn[nH]n2)CCNC1. The predicted octanol–water partition coefficient (Wildman–Crippen LogP) is -0.404. The second-order valence-electron chi connectivity index (χ2n) is 4.47. The molecule has 1 atom stereocenters. The molecule has 1 saturated heterocycles. The van der Waals surface area contributed by atoms with Gasteiger partial charge in [0.2, 0.25) is 5.91 Å². The Hall–Kier alpha value is -1.50. The van der Waals surface area contributed by atoms with Crippen molar-refractivity contribution in [2.75, 3.05) is 13.1 Å². The molecule has 0 aliphatic carbocycles. The zero-order chi connectivity index (χ0) is 12.1. The molecule has 1 aliphatic heterocycles. The first-order valence-corrected chi connectivity index (χ1v) is 5.98. The molecule has 1 fully saturated rings. The molecule has 1 amide bonds. The van der Waals surface area contributed by atoms with Crippen molar-refractivity contribution in [2.45, 2.75) is 32.7 Å². The van der Waals surface area contributed by atoms with Crippen molar-refractivity contribution < 1.29 is 4.79 Å². The van der Waals surface area contributed by atoms with Gasteiger partial charge in [0, 0.05) is 6.54 Å². The molecule has 0 bridgehead atoms. The van der Waals surface area contributed by atoms with E-state index in [2.05, 4.69) is 38.2 Å². The van der Waals surface area contributed by atoms with E-state index in [0.29, 0.717) is 12.4 Å². The van der Waals surface area contributed by atoms with Crippen LogP contribution in [0.2, 0.25) is 0 Å². The van der Waals surface area contributed by atoms with E-state index in [1.54, 1.807) is 0 Å². The van der Waals surface area contributed by atoms with Gasteiger partial charge in [-0.25, -0.2) is 0 Å². The molecule has 17 heavy (non-hydrogen) atoms. The quantitative estimate of drug-likeness (QED) is 0.648. The summed E-state index contributed by atoms with van der Waals surface area (Å²) in [6.07, 6.45) is 2.83. The normalized spacial score (nSPS) is 23.8. The van der Waals surface area contributed by atoms with Crippen LogP contribution < -0.4 is 10.6 Å². The average molecular weight is 238 g/mol. The highest BCUT2D eigenvalue weighted by Gasteiger charge is 2.40. The molecule has 0 saturated carbocycles. The van der Waals surface area contributed by atoms with Gasteiger partial charge in [0.1, 0.15) is 0 Å². The number of amides is 1. The summed E-state index contributed by atoms with van der Waals surface area (Å²) in [7, 11) is 0. The highest BCUT2D eigenvalue weighted by atomic mass is 16.2. The van der Waals surface area contributed by atoms with E-state index in [1.165, 1.54) is 0 Å². The van der Waals surface area contributed by atoms with Crippen LogP contribution in [0.15, 0.2) is 0 Å². The number of H-pyrrole nitrogens is 1. The molecule has 2 rings (SSSR count). The maximum Gasteiger partial charge on any atom is 0.227 e. The van der Waals surface area contributed by atoms with Crippen LogP contribution in [-0.4, -0.2) is 39.6 Å². The fraction of sp³-hybridized carbons (Fsp3) is 0.800. The van der Waals surface area contributed by atoms with Crippen molar-refractivity contribution in [1.29, 1.82) is 0 Å². The summed E-state index contributed by atoms with van der Waals surface area (Å²) in [6, 6.07) is 0. The number of carbonyl (C=O) groups excluding carboxylic acids is 1. The fourth-order valence-electron chi connectivity index (χ4n) is 2.35. The Morgan fingerprint density at radius 3 is 3.06 bits per heavy atom. The molecule has 1 unspecified atom stereocenters. The molecule has 94 valence electrons. The standard InChI is InChI=1S/C10H18N6O/c1-2-3-10(4-5-11-7-10)9(17)12-6-8-13-15-16-14-8/h11H,2-7H2,1H3,(H,12,17)(H,13,14,15,16). The van der Waals surface area contributed by atoms with Crippen molar-refractivity contribution in [3.63, 3.8) is 0 Å². The zero-order valence-electron chi connectivity index (χ0n) is 9.99. The van der Waals surface area contributed by atoms with Crippen LogP contribution in [0.1, 0.15) is 32.0 Å². The monoisotopic (exact) mass is 238 g/mol. The summed E-state index contributed by atoms with van der Waals surface area (Å²) in [5, 5.41) is 19.6. The number of nitrogens with one attached hydrogen (secondary N) is 3. The minimum atomic E-state index is -0.252. The Balaban J connectivity index is 1.92. The first-order valence-electron chi connectivity index (χ1n) is 5.98. The molecule has 0 aromatic carbocycles. The van der Waals surface area contributed by atoms with Gasteiger partial charge in [-0.3, -0.25) is 4.79 Å². The smallest absolute Gasteiger partial charge is 0.227 e. The third-order valence-corrected chi connectivity index (χ3v) is 3.25. The van der Waals surface area contributed by atoms with E-state index >= 15 is 0 Å². The van der Waals surface area contributed by atoms with E-state index in [1.807, 2.05) is 0 Å². The lowest BCUT2D eigenvalue weighted by Gasteiger charge is -2.26. The number of hydrogen-bond donors (Lipinski definition) is 3. The van der Waals surface area contributed by atoms with Crippen LogP contribution in [0.4, 0.5) is 0 Å². The highest BCUT2D eigenvalue weighted by molar-refractivity contribution is 5.83. The second kappa shape index (κ2) is 5.22. The predicted molar refractivity (Wildman–Crippen MR) is 60.9 cm³/mol. The summed E-state index contributed by atoms with van der Waals surface area (Å²) in [5.41, 5.74) is -0.252. The first-order chi connectivity index (χ1) is 8.27. The lowest BCUT2D eigenvalue weighted by atomic mass is 9.81. The molecule has 7 nitrogen and oxygen atoms in total. The van der Waals surface area contributed by atoms with Gasteiger partial charge in [-0.1, -0.05) is 18.6 Å². The van der Waals surface area contributed by atoms with E-state index in [9.17, 15) is 4.79 Å². The van der Waals surface area contributed by atoms with Crippen LogP contribution in [0, 0.1) is 5.41 Å². The van der Waals surface area contributed by atoms with Crippen molar-refractivity contribution in [2.24, 2.45) is 5.41 Å². The van der Waals surface area contributed by atoms with Crippen LogP contribution >= 0.6 is 0 Å². The first kappa shape index (κ1) is 12.0. The Morgan fingerprint density at radius 1 is 1.59 bits per heavy atom. The molecule has 2 heterocycles. The van der Waals surface area contributed by atoms with E-state index in [-0.39, 0.29) is 11.3 Å². The largest absolute Gasteiger partial charge is 0.348 e. The van der Waals surface area contributed by atoms with Crippen molar-refractivity contribution >= 4 is 5.91 Å². The molecule has 1 aromatic rings. The van der Waals surface area contributed by atoms with Crippen molar-refractivity contribution in [3.05, 3.63) is 5.82 Å². The number of hydrogen-bond acceptors (Lipinski definition) is 5. The molecule has 1 aliphatic rings. The molecule has 3 N–H and O–H groups in total. The van der Waals surface area contributed by atoms with Crippen molar-refractivity contribution in [1.82, 2.24) is 31.3 Å². The second-order valence-corrected chi connectivity index (χ2v) is 4.47. The van der Waals surface area contributed by atoms with Crippen LogP contribution in [0.25, 0.3) is 0 Å². The molecular formula is C10H18N6O.